The van der Waals surface area contributed by atoms with E-state index >= 15 is 0 Å². The number of carbonyl (C=O) groups excluding carboxylic acids is 1. The van der Waals surface area contributed by atoms with Gasteiger partial charge in [-0.2, -0.15) is 13.2 Å². The van der Waals surface area contributed by atoms with E-state index < -0.39 is 12.1 Å². The zero-order valence-corrected chi connectivity index (χ0v) is 14.8. The summed E-state index contributed by atoms with van der Waals surface area (Å²) in [7, 11) is 0. The van der Waals surface area contributed by atoms with Crippen molar-refractivity contribution in [2.45, 2.75) is 13.1 Å². The van der Waals surface area contributed by atoms with Gasteiger partial charge >= 0.3 is 12.1 Å². The minimum Gasteiger partial charge on any atom is -0.436 e. The Bertz CT molecular complexity index is 986. The van der Waals surface area contributed by atoms with Gasteiger partial charge in [-0.3, -0.25) is 4.79 Å². The summed E-state index contributed by atoms with van der Waals surface area (Å²) in [5.74, 6) is -1.74. The summed E-state index contributed by atoms with van der Waals surface area (Å²) in [4.78, 5) is 16.4. The first-order chi connectivity index (χ1) is 12.2. The summed E-state index contributed by atoms with van der Waals surface area (Å²) >= 11 is 12.0. The van der Waals surface area contributed by atoms with Gasteiger partial charge in [0.05, 0.1) is 10.6 Å². The highest BCUT2D eigenvalue weighted by molar-refractivity contribution is 6.36. The zero-order valence-electron chi connectivity index (χ0n) is 13.3. The fourth-order valence-electron chi connectivity index (χ4n) is 2.46. The van der Waals surface area contributed by atoms with Crippen LogP contribution in [0.15, 0.2) is 40.8 Å². The molecule has 0 radical (unpaired) electrons. The van der Waals surface area contributed by atoms with Crippen molar-refractivity contribution in [2.24, 2.45) is 0 Å². The van der Waals surface area contributed by atoms with Crippen LogP contribution in [0.5, 0.6) is 0 Å². The standard InChI is InChI=1S/C17H11Cl2F3N2O2/c1-2-24(16(25)17(20,21)22)10-4-6-14-13(8-10)23-15(26-14)11-5-3-9(18)7-12(11)19/h3-8H,2H2,1H3. The summed E-state index contributed by atoms with van der Waals surface area (Å²) in [6.07, 6.45) is -4.96. The molecule has 0 aliphatic rings. The van der Waals surface area contributed by atoms with E-state index in [1.165, 1.54) is 31.2 Å². The molecule has 2 aromatic carbocycles. The van der Waals surface area contributed by atoms with E-state index in [1.807, 2.05) is 0 Å². The Hall–Kier alpha value is -2.25. The highest BCUT2D eigenvalue weighted by Gasteiger charge is 2.42. The summed E-state index contributed by atoms with van der Waals surface area (Å²) in [6, 6.07) is 8.95. The van der Waals surface area contributed by atoms with Crippen molar-refractivity contribution in [2.75, 3.05) is 11.4 Å². The van der Waals surface area contributed by atoms with Gasteiger partial charge in [0, 0.05) is 17.3 Å². The van der Waals surface area contributed by atoms with Gasteiger partial charge in [-0.15, -0.1) is 0 Å². The number of amides is 1. The molecule has 0 saturated carbocycles. The summed E-state index contributed by atoms with van der Waals surface area (Å²) < 4.78 is 43.8. The third-order valence-corrected chi connectivity index (χ3v) is 4.20. The summed E-state index contributed by atoms with van der Waals surface area (Å²) in [6.45, 7) is 1.31. The molecule has 1 amide bonds. The molecule has 9 heteroatoms. The second kappa shape index (κ2) is 6.81. The highest BCUT2D eigenvalue weighted by Crippen LogP contribution is 2.33. The van der Waals surface area contributed by atoms with E-state index in [9.17, 15) is 18.0 Å². The van der Waals surface area contributed by atoms with Crippen LogP contribution in [0.1, 0.15) is 6.92 Å². The fourth-order valence-corrected chi connectivity index (χ4v) is 2.95. The lowest BCUT2D eigenvalue weighted by Crippen LogP contribution is -2.41. The molecule has 136 valence electrons. The van der Waals surface area contributed by atoms with Crippen LogP contribution < -0.4 is 4.90 Å². The molecule has 1 heterocycles. The van der Waals surface area contributed by atoms with Crippen LogP contribution in [0.25, 0.3) is 22.6 Å². The topological polar surface area (TPSA) is 46.3 Å². The maximum absolute atomic E-state index is 12.7. The van der Waals surface area contributed by atoms with Crippen LogP contribution in [-0.2, 0) is 4.79 Å². The third kappa shape index (κ3) is 3.50. The predicted molar refractivity (Wildman–Crippen MR) is 93.5 cm³/mol. The smallest absolute Gasteiger partial charge is 0.436 e. The van der Waals surface area contributed by atoms with Crippen LogP contribution in [-0.4, -0.2) is 23.6 Å². The number of fused-ring (bicyclic) bond motifs is 1. The maximum Gasteiger partial charge on any atom is 0.471 e. The van der Waals surface area contributed by atoms with Crippen LogP contribution in [0.4, 0.5) is 18.9 Å². The predicted octanol–water partition coefficient (Wildman–Crippen LogP) is 5.72. The number of anilines is 1. The molecule has 3 rings (SSSR count). The number of hydrogen-bond donors (Lipinski definition) is 0. The van der Waals surface area contributed by atoms with E-state index in [0.29, 0.717) is 31.6 Å². The Balaban J connectivity index is 2.03. The molecule has 0 saturated heterocycles. The lowest BCUT2D eigenvalue weighted by molar-refractivity contribution is -0.170. The molecule has 0 unspecified atom stereocenters. The average molecular weight is 403 g/mol. The Labute approximate surface area is 156 Å². The van der Waals surface area contributed by atoms with Crippen molar-refractivity contribution in [3.8, 4) is 11.5 Å². The Morgan fingerprint density at radius 2 is 1.92 bits per heavy atom. The Morgan fingerprint density at radius 3 is 2.54 bits per heavy atom. The molecule has 1 aromatic heterocycles. The largest absolute Gasteiger partial charge is 0.471 e. The Morgan fingerprint density at radius 1 is 1.19 bits per heavy atom. The lowest BCUT2D eigenvalue weighted by atomic mass is 10.2. The zero-order chi connectivity index (χ0) is 19.1. The number of carbonyl (C=O) groups is 1. The molecule has 0 bridgehead atoms. The summed E-state index contributed by atoms with van der Waals surface area (Å²) in [5, 5.41) is 0.771. The quantitative estimate of drug-likeness (QED) is 0.562. The molecule has 0 atom stereocenters. The maximum atomic E-state index is 12.7. The normalized spacial score (nSPS) is 11.8. The minimum absolute atomic E-state index is 0.0735. The number of nitrogens with zero attached hydrogens (tertiary/aromatic N) is 2. The van der Waals surface area contributed by atoms with E-state index in [-0.39, 0.29) is 18.1 Å². The minimum atomic E-state index is -4.96. The second-order valence-corrected chi connectivity index (χ2v) is 6.19. The van der Waals surface area contributed by atoms with Crippen molar-refractivity contribution in [3.05, 3.63) is 46.4 Å². The van der Waals surface area contributed by atoms with Crippen molar-refractivity contribution in [1.29, 1.82) is 0 Å². The second-order valence-electron chi connectivity index (χ2n) is 5.34. The molecular weight excluding hydrogens is 392 g/mol. The van der Waals surface area contributed by atoms with Crippen molar-refractivity contribution < 1.29 is 22.4 Å². The molecule has 0 N–H and O–H groups in total. The molecule has 0 aliphatic carbocycles. The SMILES string of the molecule is CCN(C(=O)C(F)(F)F)c1ccc2oc(-c3ccc(Cl)cc3Cl)nc2c1. The summed E-state index contributed by atoms with van der Waals surface area (Å²) in [5.41, 5.74) is 1.22. The molecule has 4 nitrogen and oxygen atoms in total. The van der Waals surface area contributed by atoms with Gasteiger partial charge in [0.1, 0.15) is 5.52 Å². The number of halogens is 5. The van der Waals surface area contributed by atoms with Crippen LogP contribution in [0.3, 0.4) is 0 Å². The fraction of sp³-hybridized carbons (Fsp3) is 0.176. The van der Waals surface area contributed by atoms with Crippen LogP contribution >= 0.6 is 23.2 Å². The van der Waals surface area contributed by atoms with Crippen molar-refractivity contribution >= 4 is 45.9 Å². The van der Waals surface area contributed by atoms with Gasteiger partial charge < -0.3 is 9.32 Å². The van der Waals surface area contributed by atoms with E-state index in [0.717, 1.165) is 0 Å². The molecule has 0 aliphatic heterocycles. The lowest BCUT2D eigenvalue weighted by Gasteiger charge is -2.21. The van der Waals surface area contributed by atoms with Crippen LogP contribution in [0, 0.1) is 0 Å². The first-order valence-corrected chi connectivity index (χ1v) is 8.21. The van der Waals surface area contributed by atoms with E-state index in [4.69, 9.17) is 27.6 Å². The van der Waals surface area contributed by atoms with Crippen molar-refractivity contribution in [1.82, 2.24) is 4.98 Å². The number of oxazole rings is 1. The van der Waals surface area contributed by atoms with Gasteiger partial charge in [0.15, 0.2) is 5.58 Å². The number of alkyl halides is 3. The number of aromatic nitrogens is 1. The number of rotatable bonds is 3. The highest BCUT2D eigenvalue weighted by atomic mass is 35.5. The molecular formula is C17H11Cl2F3N2O2. The van der Waals surface area contributed by atoms with Crippen LogP contribution in [0.2, 0.25) is 10.0 Å². The van der Waals surface area contributed by atoms with Gasteiger partial charge in [0.25, 0.3) is 0 Å². The van der Waals surface area contributed by atoms with Gasteiger partial charge in [0.2, 0.25) is 5.89 Å². The number of benzene rings is 2. The average Bonchev–Trinajstić information content (AvgIpc) is 2.97. The van der Waals surface area contributed by atoms with E-state index in [1.54, 1.807) is 12.1 Å². The first-order valence-electron chi connectivity index (χ1n) is 7.45. The molecule has 3 aromatic rings. The van der Waals surface area contributed by atoms with Gasteiger partial charge in [-0.25, -0.2) is 4.98 Å². The Kier molecular flexibility index (Phi) is 4.86. The first kappa shape index (κ1) is 18.5. The van der Waals surface area contributed by atoms with E-state index in [2.05, 4.69) is 4.98 Å². The molecule has 0 fully saturated rings. The number of hydrogen-bond acceptors (Lipinski definition) is 3. The van der Waals surface area contributed by atoms with Gasteiger partial charge in [-0.05, 0) is 43.3 Å². The third-order valence-electron chi connectivity index (χ3n) is 3.65. The van der Waals surface area contributed by atoms with Crippen molar-refractivity contribution in [3.63, 3.8) is 0 Å². The molecule has 26 heavy (non-hydrogen) atoms. The monoisotopic (exact) mass is 402 g/mol. The molecule has 0 spiro atoms. The van der Waals surface area contributed by atoms with Gasteiger partial charge in [-0.1, -0.05) is 23.2 Å².